The predicted octanol–water partition coefficient (Wildman–Crippen LogP) is 1.31. The fourth-order valence-electron chi connectivity index (χ4n) is 1.33. The van der Waals surface area contributed by atoms with E-state index in [1.165, 1.54) is 7.11 Å². The molecule has 1 rings (SSSR count). The van der Waals surface area contributed by atoms with Crippen LogP contribution < -0.4 is 4.72 Å². The van der Waals surface area contributed by atoms with Crippen LogP contribution in [0.15, 0.2) is 30.3 Å². The summed E-state index contributed by atoms with van der Waals surface area (Å²) in [6.45, 7) is 2.02. The Hall–Kier alpha value is -0.910. The molecule has 0 aliphatic carbocycles. The number of rotatable bonds is 6. The van der Waals surface area contributed by atoms with Crippen LogP contribution in [0.4, 0.5) is 0 Å². The highest BCUT2D eigenvalue weighted by Gasteiger charge is 2.14. The minimum absolute atomic E-state index is 0.0132. The van der Waals surface area contributed by atoms with Crippen molar-refractivity contribution >= 4 is 10.0 Å². The summed E-state index contributed by atoms with van der Waals surface area (Å²) in [7, 11) is -1.78. The smallest absolute Gasteiger partial charge is 0.214 e. The Morgan fingerprint density at radius 1 is 1.31 bits per heavy atom. The lowest BCUT2D eigenvalue weighted by Crippen LogP contribution is -2.30. The first kappa shape index (κ1) is 13.2. The Morgan fingerprint density at radius 2 is 1.94 bits per heavy atom. The highest BCUT2D eigenvalue weighted by molar-refractivity contribution is 7.89. The summed E-state index contributed by atoms with van der Waals surface area (Å²) in [6, 6.07) is 9.23. The molecule has 90 valence electrons. The average Bonchev–Trinajstić information content (AvgIpc) is 2.27. The number of sulfonamides is 1. The van der Waals surface area contributed by atoms with Crippen molar-refractivity contribution in [3.8, 4) is 0 Å². The van der Waals surface area contributed by atoms with E-state index in [1.54, 1.807) is 0 Å². The molecule has 1 atom stereocenters. The van der Waals surface area contributed by atoms with Gasteiger partial charge in [-0.1, -0.05) is 30.3 Å². The second-order valence-corrected chi connectivity index (χ2v) is 5.44. The van der Waals surface area contributed by atoms with Crippen molar-refractivity contribution in [1.29, 1.82) is 0 Å². The third-order valence-corrected chi connectivity index (χ3v) is 3.63. The van der Waals surface area contributed by atoms with Gasteiger partial charge in [0.25, 0.3) is 0 Å². The highest BCUT2D eigenvalue weighted by atomic mass is 32.2. The van der Waals surface area contributed by atoms with Crippen LogP contribution in [-0.2, 0) is 14.8 Å². The minimum Gasteiger partial charge on any atom is -0.384 e. The topological polar surface area (TPSA) is 55.4 Å². The monoisotopic (exact) mass is 243 g/mol. The van der Waals surface area contributed by atoms with Crippen molar-refractivity contribution in [2.45, 2.75) is 13.0 Å². The lowest BCUT2D eigenvalue weighted by molar-refractivity contribution is 0.216. The molecule has 0 radical (unpaired) electrons. The third-order valence-electron chi connectivity index (χ3n) is 2.21. The normalized spacial score (nSPS) is 13.6. The molecule has 0 fully saturated rings. The molecule has 0 spiro atoms. The summed E-state index contributed by atoms with van der Waals surface area (Å²) in [5.41, 5.74) is 0.948. The van der Waals surface area contributed by atoms with Crippen LogP contribution in [0.1, 0.15) is 18.5 Å². The summed E-state index contributed by atoms with van der Waals surface area (Å²) >= 11 is 0. The van der Waals surface area contributed by atoms with E-state index in [1.807, 2.05) is 37.3 Å². The molecule has 0 saturated carbocycles. The predicted molar refractivity (Wildman–Crippen MR) is 63.7 cm³/mol. The maximum Gasteiger partial charge on any atom is 0.214 e. The van der Waals surface area contributed by atoms with Gasteiger partial charge in [-0.25, -0.2) is 13.1 Å². The lowest BCUT2D eigenvalue weighted by atomic mass is 10.1. The Bertz CT molecular complexity index is 402. The Labute approximate surface area is 96.7 Å². The van der Waals surface area contributed by atoms with Crippen molar-refractivity contribution < 1.29 is 13.2 Å². The third kappa shape index (κ3) is 4.30. The molecule has 0 bridgehead atoms. The Morgan fingerprint density at radius 3 is 2.50 bits per heavy atom. The van der Waals surface area contributed by atoms with Crippen LogP contribution in [0, 0.1) is 0 Å². The Balaban J connectivity index is 2.61. The zero-order chi connectivity index (χ0) is 12.0. The first-order valence-electron chi connectivity index (χ1n) is 5.09. The van der Waals surface area contributed by atoms with E-state index >= 15 is 0 Å². The van der Waals surface area contributed by atoms with E-state index in [-0.39, 0.29) is 18.4 Å². The van der Waals surface area contributed by atoms with Crippen molar-refractivity contribution in [1.82, 2.24) is 4.72 Å². The van der Waals surface area contributed by atoms with E-state index < -0.39 is 10.0 Å². The number of hydrogen-bond acceptors (Lipinski definition) is 3. The molecule has 1 aromatic carbocycles. The summed E-state index contributed by atoms with van der Waals surface area (Å²) in [6.07, 6.45) is 0. The highest BCUT2D eigenvalue weighted by Crippen LogP contribution is 2.12. The first-order chi connectivity index (χ1) is 7.55. The molecule has 0 aliphatic rings. The second kappa shape index (κ2) is 5.98. The van der Waals surface area contributed by atoms with Gasteiger partial charge in [-0.2, -0.15) is 0 Å². The van der Waals surface area contributed by atoms with Crippen LogP contribution in [0.3, 0.4) is 0 Å². The number of ether oxygens (including phenoxy) is 1. The first-order valence-corrected chi connectivity index (χ1v) is 6.74. The van der Waals surface area contributed by atoms with Crippen molar-refractivity contribution in [3.63, 3.8) is 0 Å². The van der Waals surface area contributed by atoms with Gasteiger partial charge >= 0.3 is 0 Å². The van der Waals surface area contributed by atoms with Gasteiger partial charge in [-0.05, 0) is 12.5 Å². The van der Waals surface area contributed by atoms with E-state index in [9.17, 15) is 8.42 Å². The van der Waals surface area contributed by atoms with E-state index in [0.717, 1.165) is 5.56 Å². The SMILES string of the molecule is COCCS(=O)(=O)NC(C)c1ccccc1. The second-order valence-electron chi connectivity index (χ2n) is 3.56. The van der Waals surface area contributed by atoms with Crippen LogP contribution in [0.2, 0.25) is 0 Å². The molecule has 0 aliphatic heterocycles. The largest absolute Gasteiger partial charge is 0.384 e. The molecule has 0 aromatic heterocycles. The van der Waals surface area contributed by atoms with Gasteiger partial charge < -0.3 is 4.74 Å². The standard InChI is InChI=1S/C11H17NO3S/c1-10(11-6-4-3-5-7-11)12-16(13,14)9-8-15-2/h3-7,10,12H,8-9H2,1-2H3. The fraction of sp³-hybridized carbons (Fsp3) is 0.455. The molecule has 16 heavy (non-hydrogen) atoms. The van der Waals surface area contributed by atoms with Gasteiger partial charge in [0.2, 0.25) is 10.0 Å². The summed E-state index contributed by atoms with van der Waals surface area (Å²) in [5, 5.41) is 0. The average molecular weight is 243 g/mol. The molecule has 5 heteroatoms. The van der Waals surface area contributed by atoms with Gasteiger partial charge in [-0.15, -0.1) is 0 Å². The molecule has 0 amide bonds. The van der Waals surface area contributed by atoms with Crippen LogP contribution in [-0.4, -0.2) is 27.9 Å². The summed E-state index contributed by atoms with van der Waals surface area (Å²) in [5.74, 6) is -0.0132. The summed E-state index contributed by atoms with van der Waals surface area (Å²) in [4.78, 5) is 0. The number of benzene rings is 1. The number of methoxy groups -OCH3 is 1. The number of hydrogen-bond donors (Lipinski definition) is 1. The molecule has 0 heterocycles. The van der Waals surface area contributed by atoms with Crippen LogP contribution >= 0.6 is 0 Å². The molecule has 1 aromatic rings. The zero-order valence-electron chi connectivity index (χ0n) is 9.51. The van der Waals surface area contributed by atoms with Crippen molar-refractivity contribution in [2.75, 3.05) is 19.5 Å². The maximum atomic E-state index is 11.6. The quantitative estimate of drug-likeness (QED) is 0.819. The van der Waals surface area contributed by atoms with Crippen molar-refractivity contribution in [2.24, 2.45) is 0 Å². The molecule has 0 saturated heterocycles. The van der Waals surface area contributed by atoms with Gasteiger partial charge in [0.1, 0.15) is 0 Å². The molecule has 1 N–H and O–H groups in total. The molecular formula is C11H17NO3S. The molecular weight excluding hydrogens is 226 g/mol. The van der Waals surface area contributed by atoms with Gasteiger partial charge in [0, 0.05) is 13.2 Å². The van der Waals surface area contributed by atoms with Crippen LogP contribution in [0.5, 0.6) is 0 Å². The van der Waals surface area contributed by atoms with Gasteiger partial charge in [-0.3, -0.25) is 0 Å². The number of nitrogens with one attached hydrogen (secondary N) is 1. The van der Waals surface area contributed by atoms with E-state index in [0.29, 0.717) is 0 Å². The fourth-order valence-corrected chi connectivity index (χ4v) is 2.51. The van der Waals surface area contributed by atoms with E-state index in [2.05, 4.69) is 4.72 Å². The summed E-state index contributed by atoms with van der Waals surface area (Å²) < 4.78 is 30.5. The maximum absolute atomic E-state index is 11.6. The van der Waals surface area contributed by atoms with Gasteiger partial charge in [0.05, 0.1) is 12.4 Å². The lowest BCUT2D eigenvalue weighted by Gasteiger charge is -2.14. The van der Waals surface area contributed by atoms with Crippen molar-refractivity contribution in [3.05, 3.63) is 35.9 Å². The van der Waals surface area contributed by atoms with E-state index in [4.69, 9.17) is 4.74 Å². The van der Waals surface area contributed by atoms with Gasteiger partial charge in [0.15, 0.2) is 0 Å². The molecule has 4 nitrogen and oxygen atoms in total. The van der Waals surface area contributed by atoms with Crippen LogP contribution in [0.25, 0.3) is 0 Å². The minimum atomic E-state index is -3.27. The zero-order valence-corrected chi connectivity index (χ0v) is 10.3. The molecule has 1 unspecified atom stereocenters. The Kier molecular flexibility index (Phi) is 4.92.